The van der Waals surface area contributed by atoms with E-state index in [1.807, 2.05) is 0 Å². The number of esters is 1. The van der Waals surface area contributed by atoms with Crippen molar-refractivity contribution in [2.45, 2.75) is 25.6 Å². The number of hydrogen-bond acceptors (Lipinski definition) is 4. The lowest BCUT2D eigenvalue weighted by molar-refractivity contribution is -0.274. The summed E-state index contributed by atoms with van der Waals surface area (Å²) < 4.78 is 45.8. The number of ether oxygens (including phenoxy) is 2. The van der Waals surface area contributed by atoms with Crippen molar-refractivity contribution >= 4 is 12.1 Å². The summed E-state index contributed by atoms with van der Waals surface area (Å²) >= 11 is 0. The zero-order valence-corrected chi connectivity index (χ0v) is 14.0. The maximum Gasteiger partial charge on any atom is 0.573 e. The Morgan fingerprint density at radius 2 is 1.96 bits per heavy atom. The molecule has 1 N–H and O–H groups in total. The summed E-state index contributed by atoms with van der Waals surface area (Å²) in [6, 6.07) is 3.99. The first kappa shape index (κ1) is 18.3. The number of carbonyl (C=O) groups is 2. The fourth-order valence-corrected chi connectivity index (χ4v) is 3.99. The van der Waals surface area contributed by atoms with Crippen molar-refractivity contribution in [3.05, 3.63) is 29.3 Å². The van der Waals surface area contributed by atoms with Crippen LogP contribution in [0.4, 0.5) is 18.0 Å². The average Bonchev–Trinajstić information content (AvgIpc) is 2.46. The highest BCUT2D eigenvalue weighted by Crippen LogP contribution is 2.52. The Morgan fingerprint density at radius 1 is 1.31 bits per heavy atom. The molecule has 26 heavy (non-hydrogen) atoms. The molecule has 1 aliphatic heterocycles. The molecule has 1 aromatic carbocycles. The molecule has 1 aliphatic carbocycles. The first-order valence-electron chi connectivity index (χ1n) is 8.06. The molecule has 3 rings (SSSR count). The molecule has 1 spiro atoms. The lowest BCUT2D eigenvalue weighted by atomic mass is 9.56. The van der Waals surface area contributed by atoms with E-state index in [1.54, 1.807) is 0 Å². The number of halogens is 3. The van der Waals surface area contributed by atoms with Crippen molar-refractivity contribution in [1.29, 1.82) is 0 Å². The molecule has 1 saturated heterocycles. The first-order chi connectivity index (χ1) is 12.1. The van der Waals surface area contributed by atoms with Gasteiger partial charge < -0.3 is 19.5 Å². The molecule has 1 amide bonds. The molecule has 1 heterocycles. The van der Waals surface area contributed by atoms with E-state index in [2.05, 4.69) is 9.47 Å². The molecule has 0 unspecified atom stereocenters. The number of amides is 1. The molecule has 0 bridgehead atoms. The van der Waals surface area contributed by atoms with E-state index in [0.717, 1.165) is 26.0 Å². The summed E-state index contributed by atoms with van der Waals surface area (Å²) in [5, 5.41) is 8.89. The van der Waals surface area contributed by atoms with Crippen LogP contribution in [0.2, 0.25) is 0 Å². The maximum atomic E-state index is 12.5. The Balaban J connectivity index is 1.64. The van der Waals surface area contributed by atoms with E-state index < -0.39 is 24.2 Å². The van der Waals surface area contributed by atoms with E-state index in [0.29, 0.717) is 31.0 Å². The zero-order chi connectivity index (χ0) is 19.1. The van der Waals surface area contributed by atoms with Crippen LogP contribution in [-0.4, -0.2) is 48.6 Å². The summed E-state index contributed by atoms with van der Waals surface area (Å²) in [5.41, 5.74) is 0.499. The van der Waals surface area contributed by atoms with Gasteiger partial charge >= 0.3 is 18.4 Å². The van der Waals surface area contributed by atoms with Gasteiger partial charge in [-0.05, 0) is 42.9 Å². The van der Waals surface area contributed by atoms with Gasteiger partial charge in [-0.15, -0.1) is 13.2 Å². The second-order valence-corrected chi connectivity index (χ2v) is 6.99. The van der Waals surface area contributed by atoms with Gasteiger partial charge in [-0.2, -0.15) is 0 Å². The van der Waals surface area contributed by atoms with Crippen LogP contribution in [0.25, 0.3) is 0 Å². The van der Waals surface area contributed by atoms with Gasteiger partial charge in [-0.1, -0.05) is 6.07 Å². The summed E-state index contributed by atoms with van der Waals surface area (Å²) in [7, 11) is 1.09. The second kappa shape index (κ2) is 6.37. The maximum absolute atomic E-state index is 12.5. The highest BCUT2D eigenvalue weighted by Gasteiger charge is 2.53. The quantitative estimate of drug-likeness (QED) is 0.820. The van der Waals surface area contributed by atoms with Crippen LogP contribution >= 0.6 is 0 Å². The van der Waals surface area contributed by atoms with Gasteiger partial charge in [0.15, 0.2) is 0 Å². The number of carboxylic acid groups (broad SMARTS) is 1. The minimum Gasteiger partial charge on any atom is -0.465 e. The van der Waals surface area contributed by atoms with Crippen molar-refractivity contribution in [2.75, 3.05) is 20.2 Å². The molecule has 2 aliphatic rings. The molecule has 9 heteroatoms. The smallest absolute Gasteiger partial charge is 0.465 e. The largest absolute Gasteiger partial charge is 0.573 e. The topological polar surface area (TPSA) is 76.1 Å². The van der Waals surface area contributed by atoms with E-state index in [-0.39, 0.29) is 11.0 Å². The fourth-order valence-electron chi connectivity index (χ4n) is 3.99. The van der Waals surface area contributed by atoms with E-state index in [9.17, 15) is 22.8 Å². The van der Waals surface area contributed by atoms with Gasteiger partial charge in [0, 0.05) is 18.5 Å². The van der Waals surface area contributed by atoms with Crippen molar-refractivity contribution in [3.8, 4) is 5.75 Å². The Morgan fingerprint density at radius 3 is 2.50 bits per heavy atom. The lowest BCUT2D eigenvalue weighted by Gasteiger charge is -2.58. The zero-order valence-electron chi connectivity index (χ0n) is 14.0. The van der Waals surface area contributed by atoms with E-state index in [4.69, 9.17) is 5.11 Å². The van der Waals surface area contributed by atoms with E-state index in [1.165, 1.54) is 17.0 Å². The summed E-state index contributed by atoms with van der Waals surface area (Å²) in [4.78, 5) is 24.0. The van der Waals surface area contributed by atoms with Crippen LogP contribution in [0.3, 0.4) is 0 Å². The highest BCUT2D eigenvalue weighted by atomic mass is 19.4. The monoisotopic (exact) mass is 373 g/mol. The molecule has 0 aromatic heterocycles. The number of carbonyl (C=O) groups excluding carboxylic acids is 1. The molecular weight excluding hydrogens is 355 g/mol. The molecule has 1 aromatic rings. The van der Waals surface area contributed by atoms with Gasteiger partial charge in [0.2, 0.25) is 0 Å². The van der Waals surface area contributed by atoms with Gasteiger partial charge in [-0.25, -0.2) is 9.59 Å². The van der Waals surface area contributed by atoms with Crippen LogP contribution in [-0.2, 0) is 11.2 Å². The molecule has 2 fully saturated rings. The van der Waals surface area contributed by atoms with Crippen LogP contribution in [0.5, 0.6) is 5.75 Å². The minimum atomic E-state index is -4.90. The third kappa shape index (κ3) is 3.71. The Bertz CT molecular complexity index is 720. The number of nitrogens with zero attached hydrogens (tertiary/aromatic N) is 1. The van der Waals surface area contributed by atoms with Gasteiger partial charge in [0.05, 0.1) is 7.11 Å². The predicted octanol–water partition coefficient (Wildman–Crippen LogP) is 3.30. The van der Waals surface area contributed by atoms with Gasteiger partial charge in [0.25, 0.3) is 0 Å². The van der Waals surface area contributed by atoms with Crippen molar-refractivity contribution in [1.82, 2.24) is 4.90 Å². The molecule has 0 atom stereocenters. The Labute approximate surface area is 147 Å². The Kier molecular flexibility index (Phi) is 4.49. The van der Waals surface area contributed by atoms with Crippen molar-refractivity contribution < 1.29 is 37.3 Å². The van der Waals surface area contributed by atoms with Crippen molar-refractivity contribution in [2.24, 2.45) is 11.3 Å². The number of likely N-dealkylation sites (tertiary alicyclic amines) is 1. The molecule has 6 nitrogen and oxygen atoms in total. The van der Waals surface area contributed by atoms with Crippen LogP contribution in [0.15, 0.2) is 18.2 Å². The number of benzene rings is 1. The minimum absolute atomic E-state index is 0.0492. The van der Waals surface area contributed by atoms with Crippen LogP contribution in [0, 0.1) is 11.3 Å². The van der Waals surface area contributed by atoms with Crippen LogP contribution in [0.1, 0.15) is 28.8 Å². The van der Waals surface area contributed by atoms with Gasteiger partial charge in [-0.3, -0.25) is 0 Å². The van der Waals surface area contributed by atoms with Crippen LogP contribution < -0.4 is 4.74 Å². The molecule has 1 saturated carbocycles. The first-order valence-corrected chi connectivity index (χ1v) is 8.06. The summed E-state index contributed by atoms with van der Waals surface area (Å²) in [5.74, 6) is -1.17. The average molecular weight is 373 g/mol. The summed E-state index contributed by atoms with van der Waals surface area (Å²) in [6.07, 6.45) is -3.48. The van der Waals surface area contributed by atoms with Crippen molar-refractivity contribution in [3.63, 3.8) is 0 Å². The van der Waals surface area contributed by atoms with E-state index >= 15 is 0 Å². The second-order valence-electron chi connectivity index (χ2n) is 6.99. The number of alkyl halides is 3. The lowest BCUT2D eigenvalue weighted by Crippen LogP contribution is -2.63. The molecule has 0 radical (unpaired) electrons. The number of rotatable bonds is 4. The van der Waals surface area contributed by atoms with Gasteiger partial charge in [0.1, 0.15) is 11.3 Å². The SMILES string of the molecule is COC(=O)c1cc(CC2CC3(C2)CN(C(=O)O)C3)ccc1OC(F)(F)F. The molecular formula is C17H18F3NO5. The molecule has 142 valence electrons. The standard InChI is InChI=1S/C17H18F3NO5/c1-25-14(22)12-5-10(2-3-13(12)26-17(18,19)20)4-11-6-16(7-11)8-21(9-16)15(23)24/h2-3,5,11H,4,6-9H2,1H3,(H,23,24). The third-order valence-electron chi connectivity index (χ3n) is 4.97. The normalized spacial score (nSPS) is 18.8. The highest BCUT2D eigenvalue weighted by molar-refractivity contribution is 5.92. The predicted molar refractivity (Wildman–Crippen MR) is 82.9 cm³/mol. The number of hydrogen-bond donors (Lipinski definition) is 1. The fraction of sp³-hybridized carbons (Fsp3) is 0.529. The summed E-state index contributed by atoms with van der Waals surface area (Å²) in [6.45, 7) is 1.06. The third-order valence-corrected chi connectivity index (χ3v) is 4.97. The Hall–Kier alpha value is -2.45. The number of methoxy groups -OCH3 is 1.